The van der Waals surface area contributed by atoms with Crippen LogP contribution in [0.4, 0.5) is 0 Å². The van der Waals surface area contributed by atoms with Crippen molar-refractivity contribution in [3.8, 4) is 0 Å². The fraction of sp³-hybridized carbons (Fsp3) is 1.00. The average molecular weight is 489 g/mol. The molecule has 0 amide bonds. The van der Waals surface area contributed by atoms with Crippen molar-refractivity contribution >= 4 is 0 Å². The number of nitrogens with zero attached hydrogens (tertiary/aromatic N) is 4. The third-order valence-corrected chi connectivity index (χ3v) is 6.27. The van der Waals surface area contributed by atoms with Crippen molar-refractivity contribution in [2.45, 2.75) is 0 Å². The highest BCUT2D eigenvalue weighted by Gasteiger charge is 2.13. The van der Waals surface area contributed by atoms with Gasteiger partial charge in [-0.05, 0) is 42.3 Å². The number of hydrogen-bond acceptors (Lipinski definition) is 10. The maximum absolute atomic E-state index is 3.31. The summed E-state index contributed by atoms with van der Waals surface area (Å²) < 4.78 is 0. The molecule has 0 atom stereocenters. The Bertz CT molecular complexity index is 321. The molecule has 10 heteroatoms. The van der Waals surface area contributed by atoms with Gasteiger partial charge in [0.05, 0.1) is 0 Å². The van der Waals surface area contributed by atoms with Gasteiger partial charge in [-0.2, -0.15) is 0 Å². The minimum atomic E-state index is 1.04. The van der Waals surface area contributed by atoms with Crippen LogP contribution in [-0.2, 0) is 0 Å². The van der Waals surface area contributed by atoms with Gasteiger partial charge in [0.2, 0.25) is 0 Å². The zero-order valence-corrected chi connectivity index (χ0v) is 23.5. The Morgan fingerprint density at radius 1 is 0.265 bits per heavy atom. The van der Waals surface area contributed by atoms with Gasteiger partial charge in [0.1, 0.15) is 0 Å². The molecule has 0 aliphatic rings. The summed E-state index contributed by atoms with van der Waals surface area (Å²) in [5.41, 5.74) is 0. The molecule has 0 fully saturated rings. The van der Waals surface area contributed by atoms with Gasteiger partial charge in [-0.15, -0.1) is 0 Å². The number of nitrogens with one attached hydrogen (secondary N) is 6. The normalized spacial score (nSPS) is 12.2. The lowest BCUT2D eigenvalue weighted by Crippen LogP contribution is -2.47. The molecule has 0 saturated heterocycles. The third-order valence-electron chi connectivity index (χ3n) is 6.27. The van der Waals surface area contributed by atoms with Gasteiger partial charge in [0, 0.05) is 118 Å². The van der Waals surface area contributed by atoms with E-state index in [-0.39, 0.29) is 0 Å². The molecule has 0 aromatic heterocycles. The molecule has 0 aliphatic heterocycles. The Hall–Kier alpha value is -0.400. The molecular formula is C24H60N10. The van der Waals surface area contributed by atoms with Crippen molar-refractivity contribution in [2.24, 2.45) is 0 Å². The van der Waals surface area contributed by atoms with Crippen LogP contribution in [0.3, 0.4) is 0 Å². The molecule has 0 heterocycles. The molecule has 0 unspecified atom stereocenters. The topological polar surface area (TPSA) is 85.1 Å². The monoisotopic (exact) mass is 489 g/mol. The first-order chi connectivity index (χ1) is 16.6. The summed E-state index contributed by atoms with van der Waals surface area (Å²) in [5.74, 6) is 0. The highest BCUT2D eigenvalue weighted by atomic mass is 15.3. The quantitative estimate of drug-likeness (QED) is 0.0747. The predicted molar refractivity (Wildman–Crippen MR) is 149 cm³/mol. The van der Waals surface area contributed by atoms with E-state index in [0.29, 0.717) is 0 Å². The summed E-state index contributed by atoms with van der Waals surface area (Å²) in [7, 11) is 12.2. The standard InChI is InChI=1S/C24H60N10/c1-25-7-13-31(14-8-26-2)19-22-34(23-20-32(15-9-27-3)16-10-28-4)24-21-33(17-11-29-5)18-12-30-6/h25-30H,7-24H2,1-6H3. The molecule has 10 nitrogen and oxygen atoms in total. The van der Waals surface area contributed by atoms with Gasteiger partial charge >= 0.3 is 0 Å². The lowest BCUT2D eigenvalue weighted by molar-refractivity contribution is 0.156. The Kier molecular flexibility index (Phi) is 25.4. The van der Waals surface area contributed by atoms with Crippen molar-refractivity contribution in [2.75, 3.05) is 160 Å². The maximum atomic E-state index is 3.31. The Morgan fingerprint density at radius 3 is 0.559 bits per heavy atom. The van der Waals surface area contributed by atoms with Crippen LogP contribution < -0.4 is 31.9 Å². The van der Waals surface area contributed by atoms with Gasteiger partial charge in [-0.3, -0.25) is 19.6 Å². The SMILES string of the molecule is CNCCN(CCNC)CCN(CCN(CCNC)CCNC)CCN(CCNC)CCNC. The molecule has 206 valence electrons. The Morgan fingerprint density at radius 2 is 0.412 bits per heavy atom. The Labute approximate surface area is 211 Å². The van der Waals surface area contributed by atoms with Gasteiger partial charge in [0.25, 0.3) is 0 Å². The van der Waals surface area contributed by atoms with Crippen LogP contribution >= 0.6 is 0 Å². The maximum Gasteiger partial charge on any atom is 0.0110 e. The van der Waals surface area contributed by atoms with E-state index in [0.717, 1.165) is 118 Å². The fourth-order valence-electron chi connectivity index (χ4n) is 3.81. The zero-order chi connectivity index (χ0) is 25.3. The Balaban J connectivity index is 5.02. The molecule has 0 spiro atoms. The molecule has 34 heavy (non-hydrogen) atoms. The summed E-state index contributed by atoms with van der Waals surface area (Å²) in [6.07, 6.45) is 0. The molecule has 0 bridgehead atoms. The second kappa shape index (κ2) is 25.7. The minimum absolute atomic E-state index is 1.04. The summed E-state index contributed by atoms with van der Waals surface area (Å²) >= 11 is 0. The molecule has 0 radical (unpaired) electrons. The molecular weight excluding hydrogens is 428 g/mol. The summed E-state index contributed by atoms with van der Waals surface area (Å²) in [6, 6.07) is 0. The molecule has 0 rings (SSSR count). The van der Waals surface area contributed by atoms with Crippen LogP contribution in [0.2, 0.25) is 0 Å². The van der Waals surface area contributed by atoms with E-state index in [2.05, 4.69) is 51.5 Å². The van der Waals surface area contributed by atoms with E-state index in [1.165, 1.54) is 0 Å². The van der Waals surface area contributed by atoms with Crippen LogP contribution in [0.25, 0.3) is 0 Å². The van der Waals surface area contributed by atoms with E-state index in [9.17, 15) is 0 Å². The van der Waals surface area contributed by atoms with Crippen LogP contribution in [0.15, 0.2) is 0 Å². The molecule has 6 N–H and O–H groups in total. The van der Waals surface area contributed by atoms with E-state index in [1.807, 2.05) is 42.3 Å². The van der Waals surface area contributed by atoms with Crippen LogP contribution in [0.5, 0.6) is 0 Å². The second-order valence-electron chi connectivity index (χ2n) is 8.99. The largest absolute Gasteiger partial charge is 0.318 e. The van der Waals surface area contributed by atoms with Crippen molar-refractivity contribution in [3.63, 3.8) is 0 Å². The lowest BCUT2D eigenvalue weighted by Gasteiger charge is -2.32. The number of likely N-dealkylation sites (N-methyl/N-ethyl adjacent to an activating group) is 6. The van der Waals surface area contributed by atoms with Crippen LogP contribution in [-0.4, -0.2) is 180 Å². The first kappa shape index (κ1) is 33.6. The molecule has 0 saturated carbocycles. The molecule has 0 aromatic rings. The molecule has 0 aliphatic carbocycles. The minimum Gasteiger partial charge on any atom is -0.318 e. The highest BCUT2D eigenvalue weighted by molar-refractivity contribution is 4.71. The summed E-state index contributed by atoms with van der Waals surface area (Å²) in [5, 5.41) is 19.8. The smallest absolute Gasteiger partial charge is 0.0110 e. The van der Waals surface area contributed by atoms with Gasteiger partial charge < -0.3 is 31.9 Å². The first-order valence-electron chi connectivity index (χ1n) is 13.4. The average Bonchev–Trinajstić information content (AvgIpc) is 2.86. The fourth-order valence-corrected chi connectivity index (χ4v) is 3.81. The van der Waals surface area contributed by atoms with Crippen LogP contribution in [0.1, 0.15) is 0 Å². The summed E-state index contributed by atoms with van der Waals surface area (Å²) in [4.78, 5) is 10.4. The first-order valence-corrected chi connectivity index (χ1v) is 13.4. The zero-order valence-electron chi connectivity index (χ0n) is 23.5. The molecule has 0 aromatic carbocycles. The van der Waals surface area contributed by atoms with Gasteiger partial charge in [-0.25, -0.2) is 0 Å². The van der Waals surface area contributed by atoms with Gasteiger partial charge in [0.15, 0.2) is 0 Å². The van der Waals surface area contributed by atoms with E-state index in [4.69, 9.17) is 0 Å². The summed E-state index contributed by atoms with van der Waals surface area (Å²) in [6.45, 7) is 19.5. The van der Waals surface area contributed by atoms with Crippen molar-refractivity contribution in [1.29, 1.82) is 0 Å². The van der Waals surface area contributed by atoms with Crippen molar-refractivity contribution < 1.29 is 0 Å². The van der Waals surface area contributed by atoms with Crippen molar-refractivity contribution in [1.82, 2.24) is 51.5 Å². The van der Waals surface area contributed by atoms with E-state index in [1.54, 1.807) is 0 Å². The second-order valence-corrected chi connectivity index (χ2v) is 8.99. The predicted octanol–water partition coefficient (Wildman–Crippen LogP) is -2.49. The van der Waals surface area contributed by atoms with Crippen LogP contribution in [0, 0.1) is 0 Å². The number of rotatable bonds is 27. The lowest BCUT2D eigenvalue weighted by atomic mass is 10.3. The third kappa shape index (κ3) is 19.9. The van der Waals surface area contributed by atoms with Crippen molar-refractivity contribution in [3.05, 3.63) is 0 Å². The number of hydrogen-bond donors (Lipinski definition) is 6. The highest BCUT2D eigenvalue weighted by Crippen LogP contribution is 1.98. The van der Waals surface area contributed by atoms with E-state index >= 15 is 0 Å². The van der Waals surface area contributed by atoms with Gasteiger partial charge in [-0.1, -0.05) is 0 Å². The van der Waals surface area contributed by atoms with E-state index < -0.39 is 0 Å².